The minimum atomic E-state index is -0.138. The third-order valence-corrected chi connectivity index (χ3v) is 5.58. The monoisotopic (exact) mass is 327 g/mol. The minimum absolute atomic E-state index is 0.110. The van der Waals surface area contributed by atoms with Crippen LogP contribution >= 0.6 is 12.2 Å². The molecule has 0 bridgehead atoms. The molecule has 1 aromatic carbocycles. The van der Waals surface area contributed by atoms with Crippen molar-refractivity contribution in [2.45, 2.75) is 45.2 Å². The summed E-state index contributed by atoms with van der Waals surface area (Å²) in [5, 5.41) is 1.94. The number of unbranched alkanes of at least 4 members (excludes halogenated alkanes) is 1. The van der Waals surface area contributed by atoms with E-state index in [2.05, 4.69) is 41.9 Å². The van der Waals surface area contributed by atoms with E-state index in [0.29, 0.717) is 5.11 Å². The topological polar surface area (TPSA) is 39.3 Å². The standard InChI is InChI=1S/C18H21N3OS/c1-3-4-9-20-17(22)15-10-13-12-7-5-6-8-14(12)19-16(13)11(2)21(15)18(20)23/h5-8,11,15,19H,3-4,9-10H2,1-2H3/t11-,15-/m0/s1. The molecule has 4 nitrogen and oxygen atoms in total. The van der Waals surface area contributed by atoms with Crippen LogP contribution in [0.1, 0.15) is 44.0 Å². The molecule has 0 saturated carbocycles. The van der Waals surface area contributed by atoms with Gasteiger partial charge in [-0.2, -0.15) is 0 Å². The SMILES string of the molecule is CCCCN1C(=O)[C@@H]2Cc3c([nH]c4ccccc34)[C@H](C)N2C1=S. The Morgan fingerprint density at radius 3 is 2.91 bits per heavy atom. The number of thiocarbonyl (C=S) groups is 1. The molecule has 1 saturated heterocycles. The van der Waals surface area contributed by atoms with Crippen molar-refractivity contribution in [1.82, 2.24) is 14.8 Å². The molecule has 0 radical (unpaired) electrons. The Kier molecular flexibility index (Phi) is 3.41. The molecule has 2 aliphatic rings. The number of amides is 1. The van der Waals surface area contributed by atoms with E-state index < -0.39 is 0 Å². The first-order chi connectivity index (χ1) is 11.1. The van der Waals surface area contributed by atoms with E-state index in [9.17, 15) is 4.79 Å². The number of para-hydroxylation sites is 1. The zero-order valence-electron chi connectivity index (χ0n) is 13.5. The van der Waals surface area contributed by atoms with Gasteiger partial charge in [0.2, 0.25) is 0 Å². The van der Waals surface area contributed by atoms with Crippen molar-refractivity contribution in [3.63, 3.8) is 0 Å². The molecule has 2 atom stereocenters. The fraction of sp³-hybridized carbons (Fsp3) is 0.444. The fourth-order valence-corrected chi connectivity index (χ4v) is 4.41. The van der Waals surface area contributed by atoms with Crippen LogP contribution in [0.5, 0.6) is 0 Å². The Morgan fingerprint density at radius 1 is 1.35 bits per heavy atom. The van der Waals surface area contributed by atoms with Gasteiger partial charge in [0, 0.05) is 29.6 Å². The Hall–Kier alpha value is -1.88. The Bertz CT molecular complexity index is 797. The van der Waals surface area contributed by atoms with Gasteiger partial charge in [0.05, 0.1) is 6.04 Å². The minimum Gasteiger partial charge on any atom is -0.356 e. The highest BCUT2D eigenvalue weighted by atomic mass is 32.1. The van der Waals surface area contributed by atoms with Crippen LogP contribution in [-0.2, 0) is 11.2 Å². The van der Waals surface area contributed by atoms with E-state index in [4.69, 9.17) is 12.2 Å². The first-order valence-corrected chi connectivity index (χ1v) is 8.77. The van der Waals surface area contributed by atoms with Crippen LogP contribution < -0.4 is 0 Å². The molecule has 2 aromatic rings. The molecular formula is C18H21N3OS. The summed E-state index contributed by atoms with van der Waals surface area (Å²) >= 11 is 5.63. The fourth-order valence-electron chi connectivity index (χ4n) is 3.94. The van der Waals surface area contributed by atoms with Gasteiger partial charge in [0.1, 0.15) is 6.04 Å². The predicted octanol–water partition coefficient (Wildman–Crippen LogP) is 3.38. The molecule has 120 valence electrons. The highest BCUT2D eigenvalue weighted by Crippen LogP contribution is 2.40. The maximum atomic E-state index is 12.9. The highest BCUT2D eigenvalue weighted by Gasteiger charge is 2.48. The summed E-state index contributed by atoms with van der Waals surface area (Å²) in [4.78, 5) is 20.3. The first-order valence-electron chi connectivity index (χ1n) is 8.36. The van der Waals surface area contributed by atoms with Crippen LogP contribution in [0, 0.1) is 0 Å². The van der Waals surface area contributed by atoms with Gasteiger partial charge in [-0.1, -0.05) is 31.5 Å². The maximum Gasteiger partial charge on any atom is 0.251 e. The Balaban J connectivity index is 1.75. The number of aromatic amines is 1. The number of carbonyl (C=O) groups excluding carboxylic acids is 1. The summed E-state index contributed by atoms with van der Waals surface area (Å²) in [5.41, 5.74) is 3.63. The number of fused-ring (bicyclic) bond motifs is 4. The van der Waals surface area contributed by atoms with Crippen LogP contribution in [0.2, 0.25) is 0 Å². The summed E-state index contributed by atoms with van der Waals surface area (Å²) in [6.45, 7) is 5.02. The zero-order valence-corrected chi connectivity index (χ0v) is 14.3. The molecule has 0 unspecified atom stereocenters. The highest BCUT2D eigenvalue weighted by molar-refractivity contribution is 7.80. The van der Waals surface area contributed by atoms with E-state index in [1.165, 1.54) is 16.6 Å². The second-order valence-electron chi connectivity index (χ2n) is 6.49. The Morgan fingerprint density at radius 2 is 2.13 bits per heavy atom. The van der Waals surface area contributed by atoms with Gasteiger partial charge in [-0.25, -0.2) is 0 Å². The number of hydrogen-bond donors (Lipinski definition) is 1. The third-order valence-electron chi connectivity index (χ3n) is 5.15. The van der Waals surface area contributed by atoms with Crippen molar-refractivity contribution in [2.24, 2.45) is 0 Å². The van der Waals surface area contributed by atoms with Crippen LogP contribution in [0.3, 0.4) is 0 Å². The molecular weight excluding hydrogens is 306 g/mol. The second kappa shape index (κ2) is 5.34. The van der Waals surface area contributed by atoms with E-state index in [1.54, 1.807) is 0 Å². The van der Waals surface area contributed by atoms with Gasteiger partial charge in [-0.05, 0) is 37.2 Å². The van der Waals surface area contributed by atoms with Crippen molar-refractivity contribution in [2.75, 3.05) is 6.54 Å². The van der Waals surface area contributed by atoms with Crippen molar-refractivity contribution >= 4 is 34.1 Å². The number of nitrogens with one attached hydrogen (secondary N) is 1. The zero-order chi connectivity index (χ0) is 16.1. The molecule has 1 amide bonds. The van der Waals surface area contributed by atoms with Gasteiger partial charge < -0.3 is 9.88 Å². The number of aromatic nitrogens is 1. The van der Waals surface area contributed by atoms with Crippen molar-refractivity contribution in [3.8, 4) is 0 Å². The summed E-state index contributed by atoms with van der Waals surface area (Å²) in [5.74, 6) is 0.172. The molecule has 5 heteroatoms. The van der Waals surface area contributed by atoms with Gasteiger partial charge >= 0.3 is 0 Å². The molecule has 0 spiro atoms. The van der Waals surface area contributed by atoms with Crippen LogP contribution in [-0.4, -0.2) is 38.4 Å². The number of nitrogens with zero attached hydrogens (tertiary/aromatic N) is 2. The number of H-pyrrole nitrogens is 1. The predicted molar refractivity (Wildman–Crippen MR) is 95.3 cm³/mol. The number of carbonyl (C=O) groups is 1. The number of hydrogen-bond acceptors (Lipinski definition) is 2. The molecule has 3 heterocycles. The molecule has 4 rings (SSSR count). The molecule has 0 aliphatic carbocycles. The molecule has 1 N–H and O–H groups in total. The lowest BCUT2D eigenvalue weighted by molar-refractivity contribution is -0.128. The van der Waals surface area contributed by atoms with E-state index in [0.717, 1.165) is 31.3 Å². The summed E-state index contributed by atoms with van der Waals surface area (Å²) < 4.78 is 0. The van der Waals surface area contributed by atoms with Gasteiger partial charge in [0.15, 0.2) is 5.11 Å². The smallest absolute Gasteiger partial charge is 0.251 e. The van der Waals surface area contributed by atoms with E-state index in [1.807, 2.05) is 11.0 Å². The number of benzene rings is 1. The molecule has 1 fully saturated rings. The van der Waals surface area contributed by atoms with Gasteiger partial charge in [0.25, 0.3) is 5.91 Å². The molecule has 2 aliphatic heterocycles. The largest absolute Gasteiger partial charge is 0.356 e. The lowest BCUT2D eigenvalue weighted by Crippen LogP contribution is -2.42. The van der Waals surface area contributed by atoms with E-state index >= 15 is 0 Å². The second-order valence-corrected chi connectivity index (χ2v) is 6.86. The Labute approximate surface area is 141 Å². The van der Waals surface area contributed by atoms with Gasteiger partial charge in [-0.3, -0.25) is 9.69 Å². The molecule has 23 heavy (non-hydrogen) atoms. The summed E-state index contributed by atoms with van der Waals surface area (Å²) in [7, 11) is 0. The van der Waals surface area contributed by atoms with Crippen molar-refractivity contribution in [1.29, 1.82) is 0 Å². The van der Waals surface area contributed by atoms with Crippen LogP contribution in [0.4, 0.5) is 0 Å². The van der Waals surface area contributed by atoms with Crippen molar-refractivity contribution < 1.29 is 4.79 Å². The van der Waals surface area contributed by atoms with Crippen LogP contribution in [0.15, 0.2) is 24.3 Å². The average Bonchev–Trinajstić information content (AvgIpc) is 3.04. The quantitative estimate of drug-likeness (QED) is 0.879. The average molecular weight is 327 g/mol. The normalized spacial score (nSPS) is 23.6. The van der Waals surface area contributed by atoms with Crippen LogP contribution in [0.25, 0.3) is 10.9 Å². The van der Waals surface area contributed by atoms with E-state index in [-0.39, 0.29) is 18.0 Å². The lowest BCUT2D eigenvalue weighted by Gasteiger charge is -2.35. The summed E-state index contributed by atoms with van der Waals surface area (Å²) in [6, 6.07) is 8.31. The van der Waals surface area contributed by atoms with Crippen molar-refractivity contribution in [3.05, 3.63) is 35.5 Å². The number of rotatable bonds is 3. The third kappa shape index (κ3) is 2.02. The lowest BCUT2D eigenvalue weighted by atomic mass is 9.93. The first kappa shape index (κ1) is 14.7. The maximum absolute atomic E-state index is 12.9. The molecule has 1 aromatic heterocycles. The van der Waals surface area contributed by atoms with Gasteiger partial charge in [-0.15, -0.1) is 0 Å². The summed E-state index contributed by atoms with van der Waals surface area (Å²) in [6.07, 6.45) is 2.80.